The van der Waals surface area contributed by atoms with E-state index in [1.54, 1.807) is 0 Å². The van der Waals surface area contributed by atoms with Crippen molar-refractivity contribution >= 4 is 5.69 Å². The van der Waals surface area contributed by atoms with Crippen molar-refractivity contribution in [1.82, 2.24) is 0 Å². The normalized spacial score (nSPS) is 21.1. The highest BCUT2D eigenvalue weighted by atomic mass is 15.1. The zero-order valence-electron chi connectivity index (χ0n) is 12.9. The first kappa shape index (κ1) is 15.6. The van der Waals surface area contributed by atoms with Gasteiger partial charge in [-0.05, 0) is 42.0 Å². The monoisotopic (exact) mass is 258 g/mol. The van der Waals surface area contributed by atoms with Crippen molar-refractivity contribution in [3.8, 4) is 6.07 Å². The summed E-state index contributed by atoms with van der Waals surface area (Å²) in [7, 11) is 0. The molecule has 0 bridgehead atoms. The Hall–Kier alpha value is -1.49. The van der Waals surface area contributed by atoms with E-state index in [1.807, 2.05) is 26.0 Å². The van der Waals surface area contributed by atoms with Gasteiger partial charge in [0.1, 0.15) is 0 Å². The fraction of sp³-hybridized carbons (Fsp3) is 0.588. The van der Waals surface area contributed by atoms with E-state index in [9.17, 15) is 0 Å². The first-order chi connectivity index (χ1) is 9.03. The molecule has 1 aliphatic heterocycles. The molecular formula is C17H26N2. The highest BCUT2D eigenvalue weighted by Gasteiger charge is 2.32. The van der Waals surface area contributed by atoms with E-state index in [4.69, 9.17) is 5.26 Å². The molecular weight excluding hydrogens is 232 g/mol. The molecule has 1 saturated heterocycles. The van der Waals surface area contributed by atoms with Crippen molar-refractivity contribution in [3.05, 3.63) is 29.8 Å². The standard InChI is InChI=1S/C15H20N2.C2H6/c1-12-8-9-17(11-15(12,2)3)14-6-4-13(10-16)5-7-14;1-2/h4-7,12H,8-9,11H2,1-3H3;1-2H3. The van der Waals surface area contributed by atoms with Gasteiger partial charge in [0.05, 0.1) is 11.6 Å². The summed E-state index contributed by atoms with van der Waals surface area (Å²) in [5.74, 6) is 0.775. The number of piperidine rings is 1. The Labute approximate surface area is 118 Å². The van der Waals surface area contributed by atoms with Gasteiger partial charge in [-0.2, -0.15) is 5.26 Å². The average molecular weight is 258 g/mol. The quantitative estimate of drug-likeness (QED) is 0.743. The molecule has 0 radical (unpaired) electrons. The number of anilines is 1. The van der Waals surface area contributed by atoms with Crippen LogP contribution in [-0.2, 0) is 0 Å². The van der Waals surface area contributed by atoms with Gasteiger partial charge >= 0.3 is 0 Å². The molecule has 2 nitrogen and oxygen atoms in total. The summed E-state index contributed by atoms with van der Waals surface area (Å²) >= 11 is 0. The highest BCUT2D eigenvalue weighted by molar-refractivity contribution is 5.50. The molecule has 0 N–H and O–H groups in total. The number of nitrogens with zero attached hydrogens (tertiary/aromatic N) is 2. The van der Waals surface area contributed by atoms with Gasteiger partial charge in [0.15, 0.2) is 0 Å². The van der Waals surface area contributed by atoms with E-state index < -0.39 is 0 Å². The maximum Gasteiger partial charge on any atom is 0.0991 e. The largest absolute Gasteiger partial charge is 0.371 e. The third-order valence-electron chi connectivity index (χ3n) is 4.13. The SMILES string of the molecule is CC.CC1CCN(c2ccc(C#N)cc2)CC1(C)C. The molecule has 104 valence electrons. The first-order valence-electron chi connectivity index (χ1n) is 7.28. The molecule has 1 atom stereocenters. The Morgan fingerprint density at radius 1 is 1.21 bits per heavy atom. The maximum absolute atomic E-state index is 8.79. The van der Waals surface area contributed by atoms with Crippen molar-refractivity contribution in [1.29, 1.82) is 5.26 Å². The number of rotatable bonds is 1. The fourth-order valence-electron chi connectivity index (χ4n) is 2.43. The molecule has 1 aromatic carbocycles. The zero-order valence-corrected chi connectivity index (χ0v) is 12.9. The lowest BCUT2D eigenvalue weighted by Crippen LogP contribution is -2.44. The Balaban J connectivity index is 0.000000861. The van der Waals surface area contributed by atoms with Crippen LogP contribution in [-0.4, -0.2) is 13.1 Å². The third kappa shape index (κ3) is 3.73. The third-order valence-corrected chi connectivity index (χ3v) is 4.13. The van der Waals surface area contributed by atoms with Crippen LogP contribution in [0.1, 0.15) is 46.6 Å². The Morgan fingerprint density at radius 3 is 2.26 bits per heavy atom. The molecule has 0 aliphatic carbocycles. The van der Waals surface area contributed by atoms with Crippen LogP contribution < -0.4 is 4.90 Å². The number of benzene rings is 1. The molecule has 1 fully saturated rings. The fourth-order valence-corrected chi connectivity index (χ4v) is 2.43. The molecule has 0 aromatic heterocycles. The summed E-state index contributed by atoms with van der Waals surface area (Å²) in [6.07, 6.45) is 1.24. The molecule has 0 spiro atoms. The van der Waals surface area contributed by atoms with Crippen LogP contribution in [0, 0.1) is 22.7 Å². The molecule has 2 rings (SSSR count). The lowest BCUT2D eigenvalue weighted by atomic mass is 9.75. The van der Waals surface area contributed by atoms with Crippen LogP contribution in [0.5, 0.6) is 0 Å². The smallest absolute Gasteiger partial charge is 0.0991 e. The summed E-state index contributed by atoms with van der Waals surface area (Å²) in [6, 6.07) is 10.1. The number of hydrogen-bond acceptors (Lipinski definition) is 2. The lowest BCUT2D eigenvalue weighted by molar-refractivity contribution is 0.193. The minimum atomic E-state index is 0.367. The van der Waals surface area contributed by atoms with Gasteiger partial charge in [0.25, 0.3) is 0 Å². The van der Waals surface area contributed by atoms with Crippen LogP contribution in [0.25, 0.3) is 0 Å². The van der Waals surface area contributed by atoms with Crippen LogP contribution >= 0.6 is 0 Å². The summed E-state index contributed by atoms with van der Waals surface area (Å²) in [5.41, 5.74) is 2.34. The molecule has 1 aromatic rings. The predicted molar refractivity (Wildman–Crippen MR) is 82.3 cm³/mol. The minimum Gasteiger partial charge on any atom is -0.371 e. The summed E-state index contributed by atoms with van der Waals surface area (Å²) in [5, 5.41) is 8.79. The topological polar surface area (TPSA) is 27.0 Å². The number of hydrogen-bond donors (Lipinski definition) is 0. The second-order valence-corrected chi connectivity index (χ2v) is 5.76. The van der Waals surface area contributed by atoms with Gasteiger partial charge in [-0.25, -0.2) is 0 Å². The van der Waals surface area contributed by atoms with Gasteiger partial charge < -0.3 is 4.90 Å². The van der Waals surface area contributed by atoms with Crippen molar-refractivity contribution in [2.75, 3.05) is 18.0 Å². The Morgan fingerprint density at radius 2 is 1.79 bits per heavy atom. The molecule has 0 amide bonds. The Kier molecular flexibility index (Phi) is 5.42. The summed E-state index contributed by atoms with van der Waals surface area (Å²) in [4.78, 5) is 2.43. The van der Waals surface area contributed by atoms with E-state index in [2.05, 4.69) is 43.9 Å². The van der Waals surface area contributed by atoms with Gasteiger partial charge in [-0.15, -0.1) is 0 Å². The highest BCUT2D eigenvalue weighted by Crippen LogP contribution is 2.36. The summed E-state index contributed by atoms with van der Waals surface area (Å²) < 4.78 is 0. The van der Waals surface area contributed by atoms with Gasteiger partial charge in [0.2, 0.25) is 0 Å². The van der Waals surface area contributed by atoms with Crippen LogP contribution in [0.15, 0.2) is 24.3 Å². The van der Waals surface area contributed by atoms with Crippen molar-refractivity contribution in [2.24, 2.45) is 11.3 Å². The van der Waals surface area contributed by atoms with E-state index in [1.165, 1.54) is 12.1 Å². The second kappa shape index (κ2) is 6.61. The van der Waals surface area contributed by atoms with Gasteiger partial charge in [-0.3, -0.25) is 0 Å². The summed E-state index contributed by atoms with van der Waals surface area (Å²) in [6.45, 7) is 13.2. The molecule has 1 heterocycles. The first-order valence-corrected chi connectivity index (χ1v) is 7.28. The van der Waals surface area contributed by atoms with Gasteiger partial charge in [-0.1, -0.05) is 34.6 Å². The molecule has 0 saturated carbocycles. The van der Waals surface area contributed by atoms with Crippen molar-refractivity contribution < 1.29 is 0 Å². The molecule has 1 aliphatic rings. The van der Waals surface area contributed by atoms with E-state index in [0.29, 0.717) is 5.41 Å². The molecule has 19 heavy (non-hydrogen) atoms. The maximum atomic E-state index is 8.79. The predicted octanol–water partition coefficient (Wildman–Crippen LogP) is 4.46. The molecule has 1 unspecified atom stereocenters. The second-order valence-electron chi connectivity index (χ2n) is 5.76. The van der Waals surface area contributed by atoms with E-state index in [-0.39, 0.29) is 0 Å². The minimum absolute atomic E-state index is 0.367. The van der Waals surface area contributed by atoms with Crippen molar-refractivity contribution in [2.45, 2.75) is 41.0 Å². The molecule has 2 heteroatoms. The van der Waals surface area contributed by atoms with E-state index in [0.717, 1.165) is 24.6 Å². The van der Waals surface area contributed by atoms with E-state index >= 15 is 0 Å². The Bertz CT molecular complexity index is 426. The average Bonchev–Trinajstić information content (AvgIpc) is 2.44. The zero-order chi connectivity index (χ0) is 14.5. The van der Waals surface area contributed by atoms with Crippen LogP contribution in [0.2, 0.25) is 0 Å². The van der Waals surface area contributed by atoms with Crippen LogP contribution in [0.4, 0.5) is 5.69 Å². The number of nitriles is 1. The van der Waals surface area contributed by atoms with Gasteiger partial charge in [0, 0.05) is 18.8 Å². The van der Waals surface area contributed by atoms with Crippen LogP contribution in [0.3, 0.4) is 0 Å². The lowest BCUT2D eigenvalue weighted by Gasteiger charge is -2.44. The van der Waals surface area contributed by atoms with Crippen molar-refractivity contribution in [3.63, 3.8) is 0 Å².